The largest absolute Gasteiger partial charge is 0.409 e. The quantitative estimate of drug-likeness (QED) is 0.326. The van der Waals surface area contributed by atoms with Crippen molar-refractivity contribution in [1.82, 2.24) is 15.5 Å². The van der Waals surface area contributed by atoms with Crippen LogP contribution in [0.25, 0.3) is 0 Å². The molecule has 20 heavy (non-hydrogen) atoms. The normalized spacial score (nSPS) is 11.8. The summed E-state index contributed by atoms with van der Waals surface area (Å²) in [7, 11) is 0. The zero-order chi connectivity index (χ0) is 14.5. The first-order valence-corrected chi connectivity index (χ1v) is 6.17. The Morgan fingerprint density at radius 2 is 2.25 bits per heavy atom. The van der Waals surface area contributed by atoms with E-state index in [1.165, 1.54) is 0 Å². The zero-order valence-electron chi connectivity index (χ0n) is 11.4. The molecule has 0 aliphatic heterocycles. The van der Waals surface area contributed by atoms with Crippen LogP contribution >= 0.6 is 0 Å². The van der Waals surface area contributed by atoms with Crippen LogP contribution in [-0.2, 0) is 13.1 Å². The van der Waals surface area contributed by atoms with E-state index in [0.717, 1.165) is 22.6 Å². The molecule has 0 saturated carbocycles. The molecule has 7 nitrogen and oxygen atoms in total. The predicted octanol–water partition coefficient (Wildman–Crippen LogP) is 1.07. The molecule has 0 bridgehead atoms. The Morgan fingerprint density at radius 3 is 2.90 bits per heavy atom. The van der Waals surface area contributed by atoms with Gasteiger partial charge in [-0.05, 0) is 25.5 Å². The summed E-state index contributed by atoms with van der Waals surface area (Å²) >= 11 is 0. The Bertz CT molecular complexity index is 601. The molecule has 0 saturated heterocycles. The van der Waals surface area contributed by atoms with Gasteiger partial charge in [0, 0.05) is 24.8 Å². The molecule has 2 aromatic rings. The second kappa shape index (κ2) is 6.16. The molecule has 0 amide bonds. The van der Waals surface area contributed by atoms with E-state index in [1.807, 2.05) is 19.9 Å². The van der Waals surface area contributed by atoms with Crippen molar-refractivity contribution in [3.05, 3.63) is 46.6 Å². The third-order valence-electron chi connectivity index (χ3n) is 3.04. The van der Waals surface area contributed by atoms with Crippen molar-refractivity contribution >= 4 is 5.84 Å². The van der Waals surface area contributed by atoms with E-state index in [-0.39, 0.29) is 5.84 Å². The first-order chi connectivity index (χ1) is 9.63. The van der Waals surface area contributed by atoms with Crippen molar-refractivity contribution in [2.75, 3.05) is 0 Å². The van der Waals surface area contributed by atoms with E-state index in [1.54, 1.807) is 12.3 Å². The van der Waals surface area contributed by atoms with Crippen molar-refractivity contribution in [2.24, 2.45) is 10.9 Å². The van der Waals surface area contributed by atoms with Crippen LogP contribution in [0.2, 0.25) is 0 Å². The Balaban J connectivity index is 2.05. The summed E-state index contributed by atoms with van der Waals surface area (Å²) in [5.41, 5.74) is 8.84. The number of rotatable bonds is 5. The molecule has 0 unspecified atom stereocenters. The number of nitrogens with zero attached hydrogens (tertiary/aromatic N) is 3. The minimum Gasteiger partial charge on any atom is -0.409 e. The summed E-state index contributed by atoms with van der Waals surface area (Å²) in [6.45, 7) is 4.96. The van der Waals surface area contributed by atoms with Crippen LogP contribution in [0.4, 0.5) is 0 Å². The maximum atomic E-state index is 8.74. The Kier molecular flexibility index (Phi) is 4.31. The van der Waals surface area contributed by atoms with E-state index in [2.05, 4.69) is 20.6 Å². The average Bonchev–Trinajstić information content (AvgIpc) is 2.78. The lowest BCUT2D eigenvalue weighted by Gasteiger charge is -2.08. The number of aryl methyl sites for hydroxylation is 2. The number of hydrogen-bond donors (Lipinski definition) is 3. The van der Waals surface area contributed by atoms with Crippen LogP contribution in [0.1, 0.15) is 28.3 Å². The lowest BCUT2D eigenvalue weighted by atomic mass is 10.1. The Labute approximate surface area is 116 Å². The van der Waals surface area contributed by atoms with E-state index in [0.29, 0.717) is 18.8 Å². The highest BCUT2D eigenvalue weighted by atomic mass is 16.5. The van der Waals surface area contributed by atoms with Crippen LogP contribution < -0.4 is 11.1 Å². The average molecular weight is 275 g/mol. The molecule has 2 rings (SSSR count). The molecule has 0 aliphatic carbocycles. The third-order valence-corrected chi connectivity index (χ3v) is 3.04. The van der Waals surface area contributed by atoms with Crippen molar-refractivity contribution in [2.45, 2.75) is 26.9 Å². The van der Waals surface area contributed by atoms with Crippen LogP contribution in [0, 0.1) is 13.8 Å². The van der Waals surface area contributed by atoms with Crippen LogP contribution in [0.3, 0.4) is 0 Å². The van der Waals surface area contributed by atoms with Gasteiger partial charge in [-0.15, -0.1) is 0 Å². The van der Waals surface area contributed by atoms with Gasteiger partial charge < -0.3 is 20.8 Å². The highest BCUT2D eigenvalue weighted by Crippen LogP contribution is 2.12. The lowest BCUT2D eigenvalue weighted by Crippen LogP contribution is -2.21. The standard InChI is InChI=1S/C13H17N5O2/c1-8-11(9(2)20-18-8)7-15-6-10-4-3-5-16-12(10)13(14)17-19/h3-5,15,19H,6-7H2,1-2H3,(H2,14,17). The number of aromatic nitrogens is 2. The van der Waals surface area contributed by atoms with Gasteiger partial charge in [0.15, 0.2) is 5.84 Å². The first-order valence-electron chi connectivity index (χ1n) is 6.17. The maximum absolute atomic E-state index is 8.74. The van der Waals surface area contributed by atoms with Gasteiger partial charge in [0.2, 0.25) is 0 Å². The van der Waals surface area contributed by atoms with Gasteiger partial charge in [-0.25, -0.2) is 0 Å². The Morgan fingerprint density at radius 1 is 1.45 bits per heavy atom. The molecule has 0 atom stereocenters. The van der Waals surface area contributed by atoms with Gasteiger partial charge in [0.25, 0.3) is 0 Å². The number of amidine groups is 1. The van der Waals surface area contributed by atoms with Gasteiger partial charge in [-0.3, -0.25) is 4.98 Å². The van der Waals surface area contributed by atoms with Gasteiger partial charge in [-0.1, -0.05) is 16.4 Å². The first kappa shape index (κ1) is 14.0. The molecule has 0 aliphatic rings. The number of hydrogen-bond acceptors (Lipinski definition) is 6. The summed E-state index contributed by atoms with van der Waals surface area (Å²) in [5, 5.41) is 18.9. The lowest BCUT2D eigenvalue weighted by molar-refractivity contribution is 0.318. The minimum atomic E-state index is -0.000242. The number of nitrogens with two attached hydrogens (primary N) is 1. The zero-order valence-corrected chi connectivity index (χ0v) is 11.4. The number of pyridine rings is 1. The molecule has 2 aromatic heterocycles. The van der Waals surface area contributed by atoms with E-state index in [9.17, 15) is 0 Å². The van der Waals surface area contributed by atoms with E-state index in [4.69, 9.17) is 15.5 Å². The summed E-state index contributed by atoms with van der Waals surface area (Å²) in [5.74, 6) is 0.803. The predicted molar refractivity (Wildman–Crippen MR) is 73.3 cm³/mol. The molecule has 0 radical (unpaired) electrons. The Hall–Kier alpha value is -2.41. The summed E-state index contributed by atoms with van der Waals surface area (Å²) in [6, 6.07) is 3.68. The molecule has 2 heterocycles. The number of oxime groups is 1. The van der Waals surface area contributed by atoms with Gasteiger partial charge in [-0.2, -0.15) is 0 Å². The fourth-order valence-corrected chi connectivity index (χ4v) is 1.94. The van der Waals surface area contributed by atoms with Crippen molar-refractivity contribution < 1.29 is 9.73 Å². The monoisotopic (exact) mass is 275 g/mol. The van der Waals surface area contributed by atoms with Gasteiger partial charge in [0.1, 0.15) is 11.5 Å². The summed E-state index contributed by atoms with van der Waals surface area (Å²) in [6.07, 6.45) is 1.60. The van der Waals surface area contributed by atoms with Crippen LogP contribution in [0.15, 0.2) is 28.0 Å². The molecular formula is C13H17N5O2. The van der Waals surface area contributed by atoms with Crippen molar-refractivity contribution in [3.63, 3.8) is 0 Å². The minimum absolute atomic E-state index is 0.000242. The highest BCUT2D eigenvalue weighted by Gasteiger charge is 2.10. The molecule has 106 valence electrons. The van der Waals surface area contributed by atoms with Crippen LogP contribution in [0.5, 0.6) is 0 Å². The molecule has 0 fully saturated rings. The second-order valence-electron chi connectivity index (χ2n) is 4.40. The van der Waals surface area contributed by atoms with Crippen molar-refractivity contribution in [1.29, 1.82) is 0 Å². The SMILES string of the molecule is Cc1noc(C)c1CNCc1cccnc1C(N)=NO. The molecule has 7 heteroatoms. The van der Waals surface area contributed by atoms with E-state index < -0.39 is 0 Å². The third kappa shape index (κ3) is 2.94. The number of nitrogens with one attached hydrogen (secondary N) is 1. The molecule has 0 aromatic carbocycles. The molecule has 4 N–H and O–H groups in total. The molecular weight excluding hydrogens is 258 g/mol. The summed E-state index contributed by atoms with van der Waals surface area (Å²) < 4.78 is 5.10. The molecule has 0 spiro atoms. The smallest absolute Gasteiger partial charge is 0.189 e. The van der Waals surface area contributed by atoms with Crippen LogP contribution in [-0.4, -0.2) is 21.2 Å². The fraction of sp³-hybridized carbons (Fsp3) is 0.308. The maximum Gasteiger partial charge on any atom is 0.189 e. The summed E-state index contributed by atoms with van der Waals surface area (Å²) in [4.78, 5) is 4.11. The highest BCUT2D eigenvalue weighted by molar-refractivity contribution is 5.96. The topological polar surface area (TPSA) is 110 Å². The van der Waals surface area contributed by atoms with E-state index >= 15 is 0 Å². The van der Waals surface area contributed by atoms with Gasteiger partial charge >= 0.3 is 0 Å². The second-order valence-corrected chi connectivity index (χ2v) is 4.40. The van der Waals surface area contributed by atoms with Crippen molar-refractivity contribution in [3.8, 4) is 0 Å². The van der Waals surface area contributed by atoms with Gasteiger partial charge in [0.05, 0.1) is 5.69 Å². The fourth-order valence-electron chi connectivity index (χ4n) is 1.94.